The molecule has 19 heavy (non-hydrogen) atoms. The summed E-state index contributed by atoms with van der Waals surface area (Å²) < 4.78 is 5.19. The molecule has 1 aromatic carbocycles. The van der Waals surface area contributed by atoms with Crippen molar-refractivity contribution in [2.75, 3.05) is 31.7 Å². The van der Waals surface area contributed by atoms with Crippen LogP contribution >= 0.6 is 0 Å². The van der Waals surface area contributed by atoms with Crippen molar-refractivity contribution in [3.8, 4) is 0 Å². The molecule has 1 rings (SSSR count). The van der Waals surface area contributed by atoms with Gasteiger partial charge in [-0.3, -0.25) is 0 Å². The molecular formula is C16H28N2O. The Labute approximate surface area is 118 Å². The maximum atomic E-state index is 5.19. The highest BCUT2D eigenvalue weighted by Gasteiger charge is 2.11. The zero-order chi connectivity index (χ0) is 14.3. The van der Waals surface area contributed by atoms with Gasteiger partial charge in [-0.2, -0.15) is 0 Å². The second kappa shape index (κ2) is 8.18. The first-order chi connectivity index (χ1) is 9.10. The fourth-order valence-electron chi connectivity index (χ4n) is 2.25. The number of nitrogens with zero attached hydrogens (tertiary/aromatic N) is 1. The summed E-state index contributed by atoms with van der Waals surface area (Å²) in [5.74, 6) is 0. The van der Waals surface area contributed by atoms with Gasteiger partial charge in [0.1, 0.15) is 0 Å². The van der Waals surface area contributed by atoms with Gasteiger partial charge in [0, 0.05) is 31.4 Å². The molecule has 0 aliphatic heterocycles. The molecule has 0 radical (unpaired) electrons. The molecule has 0 aromatic heterocycles. The molecule has 0 aliphatic rings. The van der Waals surface area contributed by atoms with Gasteiger partial charge in [0.2, 0.25) is 0 Å². The van der Waals surface area contributed by atoms with E-state index in [9.17, 15) is 0 Å². The van der Waals surface area contributed by atoms with Gasteiger partial charge in [-0.25, -0.2) is 0 Å². The lowest BCUT2D eigenvalue weighted by molar-refractivity contribution is 0.204. The molecule has 3 heteroatoms. The molecule has 1 aromatic rings. The zero-order valence-electron chi connectivity index (χ0n) is 12.9. The molecule has 0 saturated carbocycles. The highest BCUT2D eigenvalue weighted by atomic mass is 16.5. The average molecular weight is 264 g/mol. The predicted octanol–water partition coefficient (Wildman–Crippen LogP) is 3.22. The van der Waals surface area contributed by atoms with E-state index >= 15 is 0 Å². The van der Waals surface area contributed by atoms with Gasteiger partial charge >= 0.3 is 0 Å². The van der Waals surface area contributed by atoms with E-state index in [1.54, 1.807) is 7.11 Å². The van der Waals surface area contributed by atoms with E-state index in [0.717, 1.165) is 19.7 Å². The van der Waals surface area contributed by atoms with Crippen molar-refractivity contribution in [2.45, 2.75) is 39.8 Å². The Morgan fingerprint density at radius 1 is 1.16 bits per heavy atom. The smallest absolute Gasteiger partial charge is 0.0637 e. The van der Waals surface area contributed by atoms with Crippen molar-refractivity contribution < 1.29 is 4.74 Å². The summed E-state index contributed by atoms with van der Waals surface area (Å²) in [6, 6.07) is 9.73. The molecule has 0 heterocycles. The summed E-state index contributed by atoms with van der Waals surface area (Å²) in [5, 5.41) is 3.43. The largest absolute Gasteiger partial charge is 0.383 e. The molecule has 3 nitrogen and oxygen atoms in total. The summed E-state index contributed by atoms with van der Waals surface area (Å²) >= 11 is 0. The molecule has 1 unspecified atom stereocenters. The summed E-state index contributed by atoms with van der Waals surface area (Å²) in [6.45, 7) is 11.4. The van der Waals surface area contributed by atoms with E-state index in [0.29, 0.717) is 12.1 Å². The monoisotopic (exact) mass is 264 g/mol. The zero-order valence-corrected chi connectivity index (χ0v) is 12.9. The lowest BCUT2D eigenvalue weighted by Gasteiger charge is -2.29. The Hall–Kier alpha value is -1.06. The minimum Gasteiger partial charge on any atom is -0.383 e. The van der Waals surface area contributed by atoms with Gasteiger partial charge in [0.25, 0.3) is 0 Å². The highest BCUT2D eigenvalue weighted by molar-refractivity contribution is 5.48. The Kier molecular flexibility index (Phi) is 6.89. The fraction of sp³-hybridized carbons (Fsp3) is 0.625. The summed E-state index contributed by atoms with van der Waals surface area (Å²) in [6.07, 6.45) is 0. The topological polar surface area (TPSA) is 24.5 Å². The number of methoxy groups -OCH3 is 1. The van der Waals surface area contributed by atoms with Crippen LogP contribution in [0.2, 0.25) is 0 Å². The van der Waals surface area contributed by atoms with Crippen LogP contribution in [0.25, 0.3) is 0 Å². The van der Waals surface area contributed by atoms with E-state index in [-0.39, 0.29) is 0 Å². The number of hydrogen-bond acceptors (Lipinski definition) is 3. The van der Waals surface area contributed by atoms with E-state index < -0.39 is 0 Å². The van der Waals surface area contributed by atoms with Gasteiger partial charge in [0.05, 0.1) is 6.61 Å². The number of rotatable bonds is 8. The van der Waals surface area contributed by atoms with Gasteiger partial charge in [-0.15, -0.1) is 0 Å². The quantitative estimate of drug-likeness (QED) is 0.780. The minimum absolute atomic E-state index is 0.408. The van der Waals surface area contributed by atoms with Crippen LogP contribution in [0, 0.1) is 0 Å². The first kappa shape index (κ1) is 16.0. The number of nitrogens with one attached hydrogen (secondary N) is 1. The predicted molar refractivity (Wildman–Crippen MR) is 82.9 cm³/mol. The molecule has 1 N–H and O–H groups in total. The highest BCUT2D eigenvalue weighted by Crippen LogP contribution is 2.20. The van der Waals surface area contributed by atoms with E-state index in [1.807, 2.05) is 0 Å². The van der Waals surface area contributed by atoms with Gasteiger partial charge in [0.15, 0.2) is 0 Å². The Morgan fingerprint density at radius 2 is 1.79 bits per heavy atom. The molecule has 0 aliphatic carbocycles. The number of ether oxygens (including phenoxy) is 1. The summed E-state index contributed by atoms with van der Waals surface area (Å²) in [4.78, 5) is 2.37. The van der Waals surface area contributed by atoms with Crippen molar-refractivity contribution >= 4 is 5.69 Å². The molecule has 108 valence electrons. The van der Waals surface area contributed by atoms with Gasteiger partial charge in [-0.1, -0.05) is 19.1 Å². The lowest BCUT2D eigenvalue weighted by Crippen LogP contribution is -2.33. The molecular weight excluding hydrogens is 236 g/mol. The van der Waals surface area contributed by atoms with E-state index in [1.165, 1.54) is 11.3 Å². The third-order valence-electron chi connectivity index (χ3n) is 3.39. The molecule has 0 bridgehead atoms. The van der Waals surface area contributed by atoms with Gasteiger partial charge in [-0.05, 0) is 45.0 Å². The van der Waals surface area contributed by atoms with Crippen LogP contribution in [0.3, 0.4) is 0 Å². The molecule has 0 amide bonds. The summed E-state index contributed by atoms with van der Waals surface area (Å²) in [7, 11) is 1.75. The summed E-state index contributed by atoms with van der Waals surface area (Å²) in [5.41, 5.74) is 2.60. The van der Waals surface area contributed by atoms with Crippen molar-refractivity contribution in [2.24, 2.45) is 0 Å². The lowest BCUT2D eigenvalue weighted by atomic mass is 10.1. The fourth-order valence-corrected chi connectivity index (χ4v) is 2.25. The third kappa shape index (κ3) is 4.84. The van der Waals surface area contributed by atoms with Crippen LogP contribution in [0.15, 0.2) is 24.3 Å². The van der Waals surface area contributed by atoms with Crippen LogP contribution in [-0.2, 0) is 4.74 Å². The third-order valence-corrected chi connectivity index (χ3v) is 3.39. The second-order valence-electron chi connectivity index (χ2n) is 5.15. The molecule has 1 atom stereocenters. The normalized spacial score (nSPS) is 12.7. The van der Waals surface area contributed by atoms with E-state index in [2.05, 4.69) is 62.2 Å². The number of anilines is 1. The molecule has 0 spiro atoms. The van der Waals surface area contributed by atoms with Crippen molar-refractivity contribution in [3.63, 3.8) is 0 Å². The maximum absolute atomic E-state index is 5.19. The van der Waals surface area contributed by atoms with Crippen molar-refractivity contribution in [1.29, 1.82) is 0 Å². The Bertz CT molecular complexity index is 348. The molecule has 0 saturated heterocycles. The van der Waals surface area contributed by atoms with Crippen LogP contribution < -0.4 is 10.2 Å². The van der Waals surface area contributed by atoms with Crippen molar-refractivity contribution in [1.82, 2.24) is 5.32 Å². The first-order valence-electron chi connectivity index (χ1n) is 7.19. The van der Waals surface area contributed by atoms with Crippen LogP contribution in [-0.4, -0.2) is 32.8 Å². The molecule has 0 fully saturated rings. The van der Waals surface area contributed by atoms with Crippen LogP contribution in [0.1, 0.15) is 39.3 Å². The number of benzene rings is 1. The van der Waals surface area contributed by atoms with Crippen LogP contribution in [0.5, 0.6) is 0 Å². The maximum Gasteiger partial charge on any atom is 0.0637 e. The van der Waals surface area contributed by atoms with E-state index in [4.69, 9.17) is 4.74 Å². The Morgan fingerprint density at radius 3 is 2.26 bits per heavy atom. The standard InChI is InChI=1S/C16H28N2O/c1-6-17-14(4)15-7-9-16(10-8-15)18(13(2)3)11-12-19-5/h7-10,13-14,17H,6,11-12H2,1-5H3. The van der Waals surface area contributed by atoms with Crippen molar-refractivity contribution in [3.05, 3.63) is 29.8 Å². The number of hydrogen-bond donors (Lipinski definition) is 1. The first-order valence-corrected chi connectivity index (χ1v) is 7.19. The SMILES string of the molecule is CCNC(C)c1ccc(N(CCOC)C(C)C)cc1. The van der Waals surface area contributed by atoms with Gasteiger partial charge < -0.3 is 15.0 Å². The average Bonchev–Trinajstić information content (AvgIpc) is 2.40. The second-order valence-corrected chi connectivity index (χ2v) is 5.15. The van der Waals surface area contributed by atoms with Crippen LogP contribution in [0.4, 0.5) is 5.69 Å². The minimum atomic E-state index is 0.408. The Balaban J connectivity index is 2.77.